The van der Waals surface area contributed by atoms with Gasteiger partial charge in [-0.15, -0.1) is 0 Å². The van der Waals surface area contributed by atoms with Gasteiger partial charge in [0.05, 0.1) is 30.1 Å². The van der Waals surface area contributed by atoms with Gasteiger partial charge in [-0.3, -0.25) is 4.68 Å². The number of ether oxygens (including phenoxy) is 1. The van der Waals surface area contributed by atoms with Crippen molar-refractivity contribution in [2.45, 2.75) is 19.7 Å². The predicted molar refractivity (Wildman–Crippen MR) is 126 cm³/mol. The summed E-state index contributed by atoms with van der Waals surface area (Å²) < 4.78 is 21.0. The number of nitriles is 1. The van der Waals surface area contributed by atoms with Gasteiger partial charge in [-0.25, -0.2) is 9.18 Å². The van der Waals surface area contributed by atoms with Crippen LogP contribution in [0, 0.1) is 17.1 Å². The van der Waals surface area contributed by atoms with Gasteiger partial charge in [0.1, 0.15) is 18.2 Å². The Morgan fingerprint density at radius 3 is 2.50 bits per heavy atom. The second-order valence-electron chi connectivity index (χ2n) is 7.57. The summed E-state index contributed by atoms with van der Waals surface area (Å²) in [4.78, 5) is 12.2. The summed E-state index contributed by atoms with van der Waals surface area (Å²) in [5.74, 6) is 0.320. The minimum atomic E-state index is -0.349. The summed E-state index contributed by atoms with van der Waals surface area (Å²) in [6.07, 6.45) is 3.31. The van der Waals surface area contributed by atoms with Gasteiger partial charge < -0.3 is 15.4 Å². The van der Waals surface area contributed by atoms with Crippen molar-refractivity contribution < 1.29 is 13.9 Å². The van der Waals surface area contributed by atoms with Crippen LogP contribution in [0.1, 0.15) is 22.3 Å². The average Bonchev–Trinajstić information content (AvgIpc) is 3.30. The first kappa shape index (κ1) is 22.6. The molecule has 0 radical (unpaired) electrons. The maximum Gasteiger partial charge on any atom is 0.319 e. The molecule has 0 saturated heterocycles. The summed E-state index contributed by atoms with van der Waals surface area (Å²) in [5.41, 5.74) is 3.56. The molecule has 3 aromatic carbocycles. The molecule has 0 atom stereocenters. The quantitative estimate of drug-likeness (QED) is 0.398. The van der Waals surface area contributed by atoms with E-state index in [1.165, 1.54) is 6.07 Å². The standard InChI is InChI=1S/C26H22FN5O2/c27-25-4-2-1-3-22(25)18-34-24-11-9-20(10-12-24)14-29-26(33)31-23-15-30-32(17-23)16-21-7-5-19(13-28)6-8-21/h1-12,15,17H,14,16,18H2,(H2,29,31,33). The molecule has 0 fully saturated rings. The fourth-order valence-corrected chi connectivity index (χ4v) is 3.22. The first-order valence-electron chi connectivity index (χ1n) is 10.6. The molecule has 2 amide bonds. The molecular weight excluding hydrogens is 433 g/mol. The maximum atomic E-state index is 13.7. The Morgan fingerprint density at radius 2 is 1.76 bits per heavy atom. The van der Waals surface area contributed by atoms with Crippen molar-refractivity contribution in [3.63, 3.8) is 0 Å². The number of carbonyl (C=O) groups excluding carboxylic acids is 1. The fourth-order valence-electron chi connectivity index (χ4n) is 3.22. The van der Waals surface area contributed by atoms with Crippen molar-refractivity contribution in [3.8, 4) is 11.8 Å². The van der Waals surface area contributed by atoms with Crippen LogP contribution in [0.15, 0.2) is 85.2 Å². The molecule has 4 aromatic rings. The van der Waals surface area contributed by atoms with Crippen molar-refractivity contribution >= 4 is 11.7 Å². The number of carbonyl (C=O) groups is 1. The van der Waals surface area contributed by atoms with E-state index in [0.29, 0.717) is 35.7 Å². The van der Waals surface area contributed by atoms with E-state index in [-0.39, 0.29) is 18.5 Å². The minimum absolute atomic E-state index is 0.144. The second kappa shape index (κ2) is 10.8. The molecule has 0 saturated carbocycles. The van der Waals surface area contributed by atoms with Crippen molar-refractivity contribution in [3.05, 3.63) is 113 Å². The van der Waals surface area contributed by atoms with Gasteiger partial charge in [0.2, 0.25) is 0 Å². The molecule has 0 aliphatic heterocycles. The third-order valence-electron chi connectivity index (χ3n) is 5.05. The lowest BCUT2D eigenvalue weighted by Gasteiger charge is -2.09. The number of aromatic nitrogens is 2. The zero-order chi connectivity index (χ0) is 23.8. The molecule has 4 rings (SSSR count). The van der Waals surface area contributed by atoms with E-state index < -0.39 is 0 Å². The Morgan fingerprint density at radius 1 is 1.03 bits per heavy atom. The number of hydrogen-bond donors (Lipinski definition) is 2. The Hall–Kier alpha value is -4.64. The van der Waals surface area contributed by atoms with Crippen molar-refractivity contribution in [2.24, 2.45) is 0 Å². The highest BCUT2D eigenvalue weighted by molar-refractivity contribution is 5.88. The number of hydrogen-bond acceptors (Lipinski definition) is 4. The highest BCUT2D eigenvalue weighted by Gasteiger charge is 2.06. The highest BCUT2D eigenvalue weighted by atomic mass is 19.1. The van der Waals surface area contributed by atoms with Gasteiger partial charge in [0.15, 0.2) is 0 Å². The van der Waals surface area contributed by atoms with Gasteiger partial charge in [-0.1, -0.05) is 42.5 Å². The Labute approximate surface area is 196 Å². The molecule has 170 valence electrons. The molecule has 0 aliphatic carbocycles. The first-order valence-corrected chi connectivity index (χ1v) is 10.6. The summed E-state index contributed by atoms with van der Waals surface area (Å²) in [7, 11) is 0. The smallest absolute Gasteiger partial charge is 0.319 e. The van der Waals surface area contributed by atoms with Crippen LogP contribution in [0.3, 0.4) is 0 Å². The van der Waals surface area contributed by atoms with Crippen LogP contribution in [0.4, 0.5) is 14.9 Å². The molecule has 0 aliphatic rings. The minimum Gasteiger partial charge on any atom is -0.489 e. The van der Waals surface area contributed by atoms with Gasteiger partial charge in [-0.2, -0.15) is 10.4 Å². The molecular formula is C26H22FN5O2. The van der Waals surface area contributed by atoms with E-state index in [1.807, 2.05) is 24.3 Å². The fraction of sp³-hybridized carbons (Fsp3) is 0.115. The van der Waals surface area contributed by atoms with Crippen LogP contribution < -0.4 is 15.4 Å². The summed E-state index contributed by atoms with van der Waals surface area (Å²) >= 11 is 0. The molecule has 7 nitrogen and oxygen atoms in total. The Kier molecular flexibility index (Phi) is 7.16. The van der Waals surface area contributed by atoms with E-state index in [0.717, 1.165) is 11.1 Å². The van der Waals surface area contributed by atoms with E-state index in [2.05, 4.69) is 21.8 Å². The number of anilines is 1. The molecule has 1 aromatic heterocycles. The Balaban J connectivity index is 1.22. The topological polar surface area (TPSA) is 92.0 Å². The van der Waals surface area contributed by atoms with Crippen LogP contribution >= 0.6 is 0 Å². The SMILES string of the molecule is N#Cc1ccc(Cn2cc(NC(=O)NCc3ccc(OCc4ccccc4F)cc3)cn2)cc1. The number of amides is 2. The van der Waals surface area contributed by atoms with Crippen molar-refractivity contribution in [1.29, 1.82) is 5.26 Å². The van der Waals surface area contributed by atoms with Crippen LogP contribution in [-0.4, -0.2) is 15.8 Å². The lowest BCUT2D eigenvalue weighted by Crippen LogP contribution is -2.28. The molecule has 0 spiro atoms. The van der Waals surface area contributed by atoms with Gasteiger partial charge in [-0.05, 0) is 41.5 Å². The normalized spacial score (nSPS) is 10.4. The predicted octanol–water partition coefficient (Wildman–Crippen LogP) is 4.84. The van der Waals surface area contributed by atoms with E-state index in [4.69, 9.17) is 10.00 Å². The molecule has 0 bridgehead atoms. The number of benzene rings is 3. The highest BCUT2D eigenvalue weighted by Crippen LogP contribution is 2.16. The largest absolute Gasteiger partial charge is 0.489 e. The van der Waals surface area contributed by atoms with E-state index >= 15 is 0 Å². The van der Waals surface area contributed by atoms with Gasteiger partial charge in [0, 0.05) is 18.3 Å². The zero-order valence-electron chi connectivity index (χ0n) is 18.2. The number of nitrogens with zero attached hydrogens (tertiary/aromatic N) is 3. The molecule has 34 heavy (non-hydrogen) atoms. The zero-order valence-corrected chi connectivity index (χ0v) is 18.2. The molecule has 1 heterocycles. The Bertz CT molecular complexity index is 1290. The number of nitrogens with one attached hydrogen (secondary N) is 2. The number of halogens is 1. The maximum absolute atomic E-state index is 13.7. The number of urea groups is 1. The average molecular weight is 455 g/mol. The molecule has 0 unspecified atom stereocenters. The van der Waals surface area contributed by atoms with Crippen LogP contribution in [0.25, 0.3) is 0 Å². The molecule has 2 N–H and O–H groups in total. The van der Waals surface area contributed by atoms with Crippen LogP contribution in [-0.2, 0) is 19.7 Å². The first-order chi connectivity index (χ1) is 16.6. The van der Waals surface area contributed by atoms with Gasteiger partial charge in [0.25, 0.3) is 0 Å². The van der Waals surface area contributed by atoms with Crippen LogP contribution in [0.2, 0.25) is 0 Å². The van der Waals surface area contributed by atoms with E-state index in [1.54, 1.807) is 59.5 Å². The monoisotopic (exact) mass is 455 g/mol. The lowest BCUT2D eigenvalue weighted by molar-refractivity contribution is 0.251. The third kappa shape index (κ3) is 6.20. The summed E-state index contributed by atoms with van der Waals surface area (Å²) in [5, 5.41) is 18.7. The van der Waals surface area contributed by atoms with Crippen molar-refractivity contribution in [1.82, 2.24) is 15.1 Å². The third-order valence-corrected chi connectivity index (χ3v) is 5.05. The number of rotatable bonds is 8. The lowest BCUT2D eigenvalue weighted by atomic mass is 10.1. The summed E-state index contributed by atoms with van der Waals surface area (Å²) in [6, 6.07) is 22.7. The van der Waals surface area contributed by atoms with Gasteiger partial charge >= 0.3 is 6.03 Å². The second-order valence-corrected chi connectivity index (χ2v) is 7.57. The van der Waals surface area contributed by atoms with E-state index in [9.17, 15) is 9.18 Å². The van der Waals surface area contributed by atoms with Crippen LogP contribution in [0.5, 0.6) is 5.75 Å². The summed E-state index contributed by atoms with van der Waals surface area (Å²) in [6.45, 7) is 1.00. The van der Waals surface area contributed by atoms with Crippen molar-refractivity contribution in [2.75, 3.05) is 5.32 Å². The molecule has 8 heteroatoms.